The van der Waals surface area contributed by atoms with E-state index in [-0.39, 0.29) is 17.7 Å². The molecule has 7 nitrogen and oxygen atoms in total. The van der Waals surface area contributed by atoms with Gasteiger partial charge in [0.05, 0.1) is 52.7 Å². The van der Waals surface area contributed by atoms with Gasteiger partial charge in [0.15, 0.2) is 16.3 Å². The molecule has 0 N–H and O–H groups in total. The summed E-state index contributed by atoms with van der Waals surface area (Å²) in [6.45, 7) is 1.89. The summed E-state index contributed by atoms with van der Waals surface area (Å²) in [5, 5.41) is 0.714. The average molecular weight is 596 g/mol. The second-order valence-electron chi connectivity index (χ2n) is 8.69. The molecule has 3 aromatic carbocycles. The normalized spacial score (nSPS) is 14.9. The Labute approximate surface area is 244 Å². The van der Waals surface area contributed by atoms with E-state index in [9.17, 15) is 9.59 Å². The number of nitrogens with zero attached hydrogens (tertiary/aromatic N) is 2. The third-order valence-corrected chi connectivity index (χ3v) is 8.18. The standard InChI is InChI=1S/C30H24Cl2N2O5S/c1-4-39-29(36)24-26(17-9-6-5-7-10-17)33-30-34(27(24)19-13-14-21(37-2)22(15-19)38-3)28(35)23(40-30)16-18-11-8-12-20(31)25(18)32/h5-16,27H,4H2,1-3H3/b23-16-/t27-/m1/s1. The van der Waals surface area contributed by atoms with Crippen LogP contribution >= 0.6 is 34.5 Å². The van der Waals surface area contributed by atoms with Crippen molar-refractivity contribution < 1.29 is 19.0 Å². The molecule has 1 aliphatic rings. The van der Waals surface area contributed by atoms with Crippen molar-refractivity contribution in [1.29, 1.82) is 0 Å². The van der Waals surface area contributed by atoms with Crippen molar-refractivity contribution in [1.82, 2.24) is 4.57 Å². The first-order chi connectivity index (χ1) is 19.4. The molecule has 0 saturated heterocycles. The molecule has 204 valence electrons. The number of benzene rings is 3. The summed E-state index contributed by atoms with van der Waals surface area (Å²) in [6.07, 6.45) is 1.68. The summed E-state index contributed by atoms with van der Waals surface area (Å²) >= 11 is 13.8. The van der Waals surface area contributed by atoms with Crippen LogP contribution in [0.2, 0.25) is 10.0 Å². The molecule has 40 heavy (non-hydrogen) atoms. The number of halogens is 2. The Bertz CT molecular complexity index is 1810. The Hall–Kier alpha value is -3.85. The van der Waals surface area contributed by atoms with Gasteiger partial charge in [0.1, 0.15) is 0 Å². The largest absolute Gasteiger partial charge is 0.493 e. The maximum absolute atomic E-state index is 14.0. The van der Waals surface area contributed by atoms with Gasteiger partial charge < -0.3 is 14.2 Å². The molecule has 0 unspecified atom stereocenters. The van der Waals surface area contributed by atoms with Gasteiger partial charge in [0.25, 0.3) is 5.56 Å². The molecule has 0 radical (unpaired) electrons. The fourth-order valence-corrected chi connectivity index (χ4v) is 5.91. The molecule has 0 spiro atoms. The minimum Gasteiger partial charge on any atom is -0.493 e. The lowest BCUT2D eigenvalue weighted by Gasteiger charge is -2.26. The molecule has 0 saturated carbocycles. The van der Waals surface area contributed by atoms with Crippen LogP contribution in [0.1, 0.15) is 29.7 Å². The number of hydrogen-bond donors (Lipinski definition) is 0. The number of carbonyl (C=O) groups is 1. The first-order valence-corrected chi connectivity index (χ1v) is 13.9. The number of thiazole rings is 1. The number of rotatable bonds is 7. The second kappa shape index (κ2) is 11.7. The molecule has 0 bridgehead atoms. The molecular weight excluding hydrogens is 571 g/mol. The molecule has 4 aromatic rings. The van der Waals surface area contributed by atoms with Crippen molar-refractivity contribution >= 4 is 52.3 Å². The zero-order valence-corrected chi connectivity index (χ0v) is 24.1. The SMILES string of the molecule is CCOC(=O)C1=C(c2ccccc2)N=c2s/c(=C\c3cccc(Cl)c3Cl)c(=O)n2[C@@H]1c1ccc(OC)c(OC)c1. The smallest absolute Gasteiger partial charge is 0.338 e. The van der Waals surface area contributed by atoms with Gasteiger partial charge in [-0.3, -0.25) is 9.36 Å². The summed E-state index contributed by atoms with van der Waals surface area (Å²) in [5.74, 6) is 0.394. The predicted molar refractivity (Wildman–Crippen MR) is 157 cm³/mol. The van der Waals surface area contributed by atoms with Crippen LogP contribution in [0.25, 0.3) is 11.8 Å². The van der Waals surface area contributed by atoms with Gasteiger partial charge in [-0.05, 0) is 42.3 Å². The Balaban J connectivity index is 1.86. The minimum absolute atomic E-state index is 0.154. The zero-order valence-electron chi connectivity index (χ0n) is 21.8. The fourth-order valence-electron chi connectivity index (χ4n) is 4.55. The van der Waals surface area contributed by atoms with Crippen molar-refractivity contribution in [2.45, 2.75) is 13.0 Å². The van der Waals surface area contributed by atoms with Crippen LogP contribution < -0.4 is 24.4 Å². The fraction of sp³-hybridized carbons (Fsp3) is 0.167. The quantitative estimate of drug-likeness (QED) is 0.273. The summed E-state index contributed by atoms with van der Waals surface area (Å²) in [6, 6.07) is 19.0. The third kappa shape index (κ3) is 5.06. The Morgan fingerprint density at radius 3 is 2.48 bits per heavy atom. The third-order valence-electron chi connectivity index (χ3n) is 6.37. The van der Waals surface area contributed by atoms with E-state index in [0.29, 0.717) is 53.3 Å². The van der Waals surface area contributed by atoms with Crippen LogP contribution in [0, 0.1) is 0 Å². The Morgan fingerprint density at radius 2 is 1.77 bits per heavy atom. The van der Waals surface area contributed by atoms with Gasteiger partial charge in [-0.15, -0.1) is 0 Å². The summed E-state index contributed by atoms with van der Waals surface area (Å²) in [7, 11) is 3.07. The molecule has 2 heterocycles. The molecule has 5 rings (SSSR count). The Kier molecular flexibility index (Phi) is 8.12. The lowest BCUT2D eigenvalue weighted by atomic mass is 9.93. The number of methoxy groups -OCH3 is 2. The molecule has 1 aliphatic heterocycles. The maximum atomic E-state index is 14.0. The molecule has 0 fully saturated rings. The van der Waals surface area contributed by atoms with Crippen LogP contribution in [-0.2, 0) is 9.53 Å². The molecule has 10 heteroatoms. The van der Waals surface area contributed by atoms with Crippen LogP contribution in [-0.4, -0.2) is 31.4 Å². The molecular formula is C30H24Cl2N2O5S. The number of carbonyl (C=O) groups excluding carboxylic acids is 1. The van der Waals surface area contributed by atoms with Crippen LogP contribution in [0.15, 0.2) is 82.1 Å². The zero-order chi connectivity index (χ0) is 28.4. The maximum Gasteiger partial charge on any atom is 0.338 e. The van der Waals surface area contributed by atoms with Crippen molar-refractivity contribution in [3.63, 3.8) is 0 Å². The number of hydrogen-bond acceptors (Lipinski definition) is 7. The number of ether oxygens (including phenoxy) is 3. The first-order valence-electron chi connectivity index (χ1n) is 12.3. The number of esters is 1. The highest BCUT2D eigenvalue weighted by atomic mass is 35.5. The van der Waals surface area contributed by atoms with Crippen molar-refractivity contribution in [2.75, 3.05) is 20.8 Å². The number of fused-ring (bicyclic) bond motifs is 1. The molecule has 1 aromatic heterocycles. The van der Waals surface area contributed by atoms with Gasteiger partial charge >= 0.3 is 5.97 Å². The van der Waals surface area contributed by atoms with E-state index in [1.165, 1.54) is 23.0 Å². The van der Waals surface area contributed by atoms with E-state index in [0.717, 1.165) is 0 Å². The second-order valence-corrected chi connectivity index (χ2v) is 10.5. The summed E-state index contributed by atoms with van der Waals surface area (Å²) < 4.78 is 18.4. The minimum atomic E-state index is -0.859. The van der Waals surface area contributed by atoms with Gasteiger partial charge in [0, 0.05) is 5.56 Å². The predicted octanol–water partition coefficient (Wildman–Crippen LogP) is 5.26. The monoisotopic (exact) mass is 594 g/mol. The molecule has 0 amide bonds. The van der Waals surface area contributed by atoms with E-state index in [2.05, 4.69) is 0 Å². The Morgan fingerprint density at radius 1 is 1.02 bits per heavy atom. The van der Waals surface area contributed by atoms with E-state index < -0.39 is 12.0 Å². The lowest BCUT2D eigenvalue weighted by Crippen LogP contribution is -2.40. The molecule has 0 aliphatic carbocycles. The van der Waals surface area contributed by atoms with Gasteiger partial charge in [-0.1, -0.05) is 83.1 Å². The van der Waals surface area contributed by atoms with Crippen LogP contribution in [0.3, 0.4) is 0 Å². The van der Waals surface area contributed by atoms with Crippen molar-refractivity contribution in [2.24, 2.45) is 4.99 Å². The van der Waals surface area contributed by atoms with Crippen molar-refractivity contribution in [3.8, 4) is 11.5 Å². The summed E-state index contributed by atoms with van der Waals surface area (Å²) in [4.78, 5) is 32.9. The van der Waals surface area contributed by atoms with E-state index in [1.807, 2.05) is 30.3 Å². The number of aromatic nitrogens is 1. The first kappa shape index (κ1) is 27.7. The van der Waals surface area contributed by atoms with E-state index in [1.54, 1.807) is 56.5 Å². The summed E-state index contributed by atoms with van der Waals surface area (Å²) in [5.41, 5.74) is 2.25. The van der Waals surface area contributed by atoms with E-state index in [4.69, 9.17) is 42.4 Å². The topological polar surface area (TPSA) is 79.1 Å². The highest BCUT2D eigenvalue weighted by molar-refractivity contribution is 7.07. The van der Waals surface area contributed by atoms with Crippen molar-refractivity contribution in [3.05, 3.63) is 119 Å². The highest BCUT2D eigenvalue weighted by Gasteiger charge is 2.35. The van der Waals surface area contributed by atoms with Crippen LogP contribution in [0.5, 0.6) is 11.5 Å². The highest BCUT2D eigenvalue weighted by Crippen LogP contribution is 2.38. The van der Waals surface area contributed by atoms with Gasteiger partial charge in [-0.2, -0.15) is 0 Å². The lowest BCUT2D eigenvalue weighted by molar-refractivity contribution is -0.138. The van der Waals surface area contributed by atoms with Crippen LogP contribution in [0.4, 0.5) is 0 Å². The molecule has 1 atom stereocenters. The van der Waals surface area contributed by atoms with Gasteiger partial charge in [-0.25, -0.2) is 9.79 Å². The van der Waals surface area contributed by atoms with E-state index >= 15 is 0 Å². The average Bonchev–Trinajstić information content (AvgIpc) is 3.29. The van der Waals surface area contributed by atoms with Gasteiger partial charge in [0.2, 0.25) is 0 Å².